The SMILES string of the molecule is Cc1c(O)ccc2c(-c3ccccc3)c(F)c(=O)oc12. The molecule has 0 bridgehead atoms. The first-order valence-corrected chi connectivity index (χ1v) is 6.10. The third-order valence-electron chi connectivity index (χ3n) is 3.30. The van der Waals surface area contributed by atoms with Crippen LogP contribution in [0.25, 0.3) is 22.1 Å². The van der Waals surface area contributed by atoms with Crippen LogP contribution < -0.4 is 5.63 Å². The number of benzene rings is 2. The summed E-state index contributed by atoms with van der Waals surface area (Å²) in [5.74, 6) is -0.917. The Bertz CT molecular complexity index is 851. The molecular weight excluding hydrogens is 259 g/mol. The van der Waals surface area contributed by atoms with E-state index < -0.39 is 11.4 Å². The van der Waals surface area contributed by atoms with Crippen molar-refractivity contribution in [3.05, 3.63) is 64.3 Å². The minimum Gasteiger partial charge on any atom is -0.508 e. The maximum absolute atomic E-state index is 14.2. The second-order valence-corrected chi connectivity index (χ2v) is 4.53. The van der Waals surface area contributed by atoms with Crippen LogP contribution in [0.2, 0.25) is 0 Å². The van der Waals surface area contributed by atoms with Crippen LogP contribution in [0.15, 0.2) is 51.7 Å². The zero-order chi connectivity index (χ0) is 14.3. The van der Waals surface area contributed by atoms with Gasteiger partial charge in [0.1, 0.15) is 11.3 Å². The van der Waals surface area contributed by atoms with Crippen LogP contribution in [0.1, 0.15) is 5.56 Å². The lowest BCUT2D eigenvalue weighted by atomic mass is 9.99. The molecule has 0 amide bonds. The van der Waals surface area contributed by atoms with Gasteiger partial charge < -0.3 is 9.52 Å². The number of fused-ring (bicyclic) bond motifs is 1. The fraction of sp³-hybridized carbons (Fsp3) is 0.0625. The molecule has 0 atom stereocenters. The van der Waals surface area contributed by atoms with E-state index in [4.69, 9.17) is 4.42 Å². The average molecular weight is 270 g/mol. The summed E-state index contributed by atoms with van der Waals surface area (Å²) >= 11 is 0. The first-order chi connectivity index (χ1) is 9.59. The maximum Gasteiger partial charge on any atom is 0.373 e. The number of hydrogen-bond donors (Lipinski definition) is 1. The van der Waals surface area contributed by atoms with Crippen molar-refractivity contribution in [1.82, 2.24) is 0 Å². The van der Waals surface area contributed by atoms with Crippen LogP contribution in [0.5, 0.6) is 5.75 Å². The molecular formula is C16H11FO3. The van der Waals surface area contributed by atoms with Gasteiger partial charge in [-0.25, -0.2) is 4.79 Å². The minimum absolute atomic E-state index is 0.00581. The molecule has 2 aromatic carbocycles. The zero-order valence-electron chi connectivity index (χ0n) is 10.7. The van der Waals surface area contributed by atoms with Crippen molar-refractivity contribution in [3.8, 4) is 16.9 Å². The van der Waals surface area contributed by atoms with Crippen molar-refractivity contribution < 1.29 is 13.9 Å². The Morgan fingerprint density at radius 3 is 2.50 bits per heavy atom. The van der Waals surface area contributed by atoms with Gasteiger partial charge in [-0.3, -0.25) is 0 Å². The first-order valence-electron chi connectivity index (χ1n) is 6.10. The van der Waals surface area contributed by atoms with Gasteiger partial charge in [0.25, 0.3) is 0 Å². The summed E-state index contributed by atoms with van der Waals surface area (Å²) in [5.41, 5.74) is 0.366. The van der Waals surface area contributed by atoms with E-state index in [1.807, 2.05) is 6.07 Å². The van der Waals surface area contributed by atoms with Crippen molar-refractivity contribution in [3.63, 3.8) is 0 Å². The lowest BCUT2D eigenvalue weighted by Gasteiger charge is -2.09. The number of phenolic OH excluding ortho intramolecular Hbond substituents is 1. The van der Waals surface area contributed by atoms with Crippen LogP contribution in [-0.4, -0.2) is 5.11 Å². The highest BCUT2D eigenvalue weighted by Crippen LogP contribution is 2.33. The van der Waals surface area contributed by atoms with Gasteiger partial charge in [-0.1, -0.05) is 30.3 Å². The van der Waals surface area contributed by atoms with E-state index in [0.717, 1.165) is 0 Å². The highest BCUT2D eigenvalue weighted by molar-refractivity contribution is 5.95. The zero-order valence-corrected chi connectivity index (χ0v) is 10.7. The molecule has 1 heterocycles. The first kappa shape index (κ1) is 12.4. The molecule has 0 radical (unpaired) electrons. The largest absolute Gasteiger partial charge is 0.508 e. The van der Waals surface area contributed by atoms with Gasteiger partial charge in [0, 0.05) is 16.5 Å². The van der Waals surface area contributed by atoms with Gasteiger partial charge >= 0.3 is 5.63 Å². The summed E-state index contributed by atoms with van der Waals surface area (Å²) in [5, 5.41) is 10.1. The second-order valence-electron chi connectivity index (χ2n) is 4.53. The Hall–Kier alpha value is -2.62. The van der Waals surface area contributed by atoms with Crippen molar-refractivity contribution in [2.24, 2.45) is 0 Å². The van der Waals surface area contributed by atoms with Crippen molar-refractivity contribution >= 4 is 11.0 Å². The summed E-state index contributed by atoms with van der Waals surface area (Å²) in [6.07, 6.45) is 0. The number of hydrogen-bond acceptors (Lipinski definition) is 3. The van der Waals surface area contributed by atoms with Crippen LogP contribution in [0, 0.1) is 12.7 Å². The molecule has 1 aromatic heterocycles. The summed E-state index contributed by atoms with van der Waals surface area (Å²) < 4.78 is 19.2. The van der Waals surface area contributed by atoms with E-state index in [9.17, 15) is 14.3 Å². The summed E-state index contributed by atoms with van der Waals surface area (Å²) in [6.45, 7) is 1.62. The Kier molecular flexibility index (Phi) is 2.79. The van der Waals surface area contributed by atoms with Crippen molar-refractivity contribution in [2.45, 2.75) is 6.92 Å². The predicted octanol–water partition coefficient (Wildman–Crippen LogP) is 3.61. The van der Waals surface area contributed by atoms with Crippen LogP contribution in [0.4, 0.5) is 4.39 Å². The molecule has 0 aliphatic heterocycles. The molecule has 20 heavy (non-hydrogen) atoms. The van der Waals surface area contributed by atoms with Crippen LogP contribution in [0.3, 0.4) is 0 Å². The number of phenols is 1. The summed E-state index contributed by atoms with van der Waals surface area (Å²) in [6, 6.07) is 11.8. The van der Waals surface area contributed by atoms with E-state index >= 15 is 0 Å². The van der Waals surface area contributed by atoms with E-state index in [2.05, 4.69) is 0 Å². The normalized spacial score (nSPS) is 10.9. The topological polar surface area (TPSA) is 50.4 Å². The van der Waals surface area contributed by atoms with Gasteiger partial charge in [0.05, 0.1) is 0 Å². The molecule has 0 aliphatic rings. The Morgan fingerprint density at radius 2 is 1.80 bits per heavy atom. The van der Waals surface area contributed by atoms with Gasteiger partial charge in [-0.15, -0.1) is 0 Å². The number of halogens is 1. The van der Waals surface area contributed by atoms with E-state index in [-0.39, 0.29) is 16.9 Å². The lowest BCUT2D eigenvalue weighted by Crippen LogP contribution is -2.07. The molecule has 0 aliphatic carbocycles. The van der Waals surface area contributed by atoms with Gasteiger partial charge in [0.15, 0.2) is 0 Å². The highest BCUT2D eigenvalue weighted by atomic mass is 19.1. The molecule has 4 heteroatoms. The standard InChI is InChI=1S/C16H11FO3/c1-9-12(18)8-7-11-13(10-5-3-2-4-6-10)14(17)16(19)20-15(9)11/h2-8,18H,1H3. The highest BCUT2D eigenvalue weighted by Gasteiger charge is 2.18. The van der Waals surface area contributed by atoms with Crippen LogP contribution >= 0.6 is 0 Å². The quantitative estimate of drug-likeness (QED) is 0.687. The monoisotopic (exact) mass is 270 g/mol. The van der Waals surface area contributed by atoms with E-state index in [1.165, 1.54) is 6.07 Å². The predicted molar refractivity (Wildman–Crippen MR) is 74.3 cm³/mol. The molecule has 0 saturated carbocycles. The molecule has 1 N–H and O–H groups in total. The van der Waals surface area contributed by atoms with Crippen LogP contribution in [-0.2, 0) is 0 Å². The molecule has 3 rings (SSSR count). The average Bonchev–Trinajstić information content (AvgIpc) is 2.46. The summed E-state index contributed by atoms with van der Waals surface area (Å²) in [4.78, 5) is 11.7. The van der Waals surface area contributed by atoms with Gasteiger partial charge in [-0.05, 0) is 24.6 Å². The Morgan fingerprint density at radius 1 is 1.10 bits per heavy atom. The molecule has 3 nitrogen and oxygen atoms in total. The smallest absolute Gasteiger partial charge is 0.373 e. The van der Waals surface area contributed by atoms with Gasteiger partial charge in [-0.2, -0.15) is 4.39 Å². The second kappa shape index (κ2) is 4.49. The molecule has 0 spiro atoms. The molecule has 0 saturated heterocycles. The third-order valence-corrected chi connectivity index (χ3v) is 3.30. The number of aromatic hydroxyl groups is 1. The fourth-order valence-corrected chi connectivity index (χ4v) is 2.25. The van der Waals surface area contributed by atoms with Crippen molar-refractivity contribution in [2.75, 3.05) is 0 Å². The Balaban J connectivity index is 2.51. The Labute approximate surface area is 113 Å². The lowest BCUT2D eigenvalue weighted by molar-refractivity contribution is 0.462. The van der Waals surface area contributed by atoms with E-state index in [1.54, 1.807) is 37.3 Å². The third kappa shape index (κ3) is 1.77. The number of aryl methyl sites for hydroxylation is 1. The fourth-order valence-electron chi connectivity index (χ4n) is 2.25. The minimum atomic E-state index is -1.04. The maximum atomic E-state index is 14.2. The molecule has 0 unspecified atom stereocenters. The van der Waals surface area contributed by atoms with Gasteiger partial charge in [0.2, 0.25) is 5.82 Å². The van der Waals surface area contributed by atoms with Crippen molar-refractivity contribution in [1.29, 1.82) is 0 Å². The molecule has 3 aromatic rings. The summed E-state index contributed by atoms with van der Waals surface area (Å²) in [7, 11) is 0. The molecule has 100 valence electrons. The van der Waals surface area contributed by atoms with E-state index in [0.29, 0.717) is 16.5 Å². The number of rotatable bonds is 1. The molecule has 0 fully saturated rings.